The average Bonchev–Trinajstić information content (AvgIpc) is 2.61. The van der Waals surface area contributed by atoms with E-state index in [1.165, 1.54) is 4.90 Å². The van der Waals surface area contributed by atoms with Crippen molar-refractivity contribution >= 4 is 17.8 Å². The maximum atomic E-state index is 12.8. The number of likely N-dealkylation sites (tertiary alicyclic amines) is 1. The van der Waals surface area contributed by atoms with Crippen molar-refractivity contribution in [2.45, 2.75) is 33.1 Å². The van der Waals surface area contributed by atoms with Crippen LogP contribution in [0, 0.1) is 11.3 Å². The van der Waals surface area contributed by atoms with Crippen LogP contribution in [0.4, 0.5) is 0 Å². The Morgan fingerprint density at radius 1 is 1.15 bits per heavy atom. The summed E-state index contributed by atoms with van der Waals surface area (Å²) in [7, 11) is 1.65. The molecule has 0 unspecified atom stereocenters. The number of aliphatic carboxylic acids is 1. The third-order valence-electron chi connectivity index (χ3n) is 4.98. The van der Waals surface area contributed by atoms with Gasteiger partial charge in [0.15, 0.2) is 0 Å². The largest absolute Gasteiger partial charge is 0.481 e. The molecule has 26 heavy (non-hydrogen) atoms. The molecule has 1 aliphatic rings. The van der Waals surface area contributed by atoms with Gasteiger partial charge in [0.1, 0.15) is 0 Å². The number of hydrogen-bond donors (Lipinski definition) is 1. The minimum absolute atomic E-state index is 0.0226. The van der Waals surface area contributed by atoms with E-state index in [9.17, 15) is 14.4 Å². The summed E-state index contributed by atoms with van der Waals surface area (Å²) < 4.78 is 0. The van der Waals surface area contributed by atoms with Gasteiger partial charge in [-0.25, -0.2) is 0 Å². The van der Waals surface area contributed by atoms with E-state index in [1.54, 1.807) is 11.9 Å². The van der Waals surface area contributed by atoms with Gasteiger partial charge in [-0.2, -0.15) is 0 Å². The van der Waals surface area contributed by atoms with Crippen molar-refractivity contribution in [1.29, 1.82) is 0 Å². The number of carboxylic acids is 1. The van der Waals surface area contributed by atoms with E-state index >= 15 is 0 Å². The van der Waals surface area contributed by atoms with Crippen LogP contribution in [-0.4, -0.2) is 59.4 Å². The van der Waals surface area contributed by atoms with Crippen LogP contribution in [-0.2, 0) is 20.8 Å². The number of carbonyl (C=O) groups excluding carboxylic acids is 2. The van der Waals surface area contributed by atoms with Gasteiger partial charge in [-0.1, -0.05) is 44.2 Å². The van der Waals surface area contributed by atoms with Crippen LogP contribution in [0.25, 0.3) is 0 Å². The number of carboxylic acid groups (broad SMARTS) is 1. The molecule has 1 N–H and O–H groups in total. The third kappa shape index (κ3) is 5.07. The Hall–Kier alpha value is -2.37. The van der Waals surface area contributed by atoms with E-state index in [0.29, 0.717) is 32.4 Å². The first-order chi connectivity index (χ1) is 12.2. The molecule has 0 radical (unpaired) electrons. The lowest BCUT2D eigenvalue weighted by atomic mass is 9.84. The van der Waals surface area contributed by atoms with Crippen molar-refractivity contribution in [1.82, 2.24) is 9.80 Å². The predicted molar refractivity (Wildman–Crippen MR) is 98.5 cm³/mol. The van der Waals surface area contributed by atoms with Crippen LogP contribution in [0.3, 0.4) is 0 Å². The topological polar surface area (TPSA) is 77.9 Å². The molecule has 1 fully saturated rings. The Kier molecular flexibility index (Phi) is 6.40. The maximum Gasteiger partial charge on any atom is 0.306 e. The highest BCUT2D eigenvalue weighted by Crippen LogP contribution is 2.24. The smallest absolute Gasteiger partial charge is 0.306 e. The van der Waals surface area contributed by atoms with Crippen LogP contribution in [0.15, 0.2) is 30.3 Å². The zero-order chi connectivity index (χ0) is 19.3. The zero-order valence-electron chi connectivity index (χ0n) is 15.8. The number of hydrogen-bond acceptors (Lipinski definition) is 3. The van der Waals surface area contributed by atoms with Crippen LogP contribution in [0.2, 0.25) is 0 Å². The minimum Gasteiger partial charge on any atom is -0.481 e. The van der Waals surface area contributed by atoms with Crippen LogP contribution < -0.4 is 0 Å². The first-order valence-corrected chi connectivity index (χ1v) is 9.01. The van der Waals surface area contributed by atoms with Gasteiger partial charge in [0.2, 0.25) is 11.8 Å². The molecular weight excluding hydrogens is 332 g/mol. The molecule has 0 aliphatic carbocycles. The van der Waals surface area contributed by atoms with Gasteiger partial charge in [-0.15, -0.1) is 0 Å². The van der Waals surface area contributed by atoms with Crippen molar-refractivity contribution in [2.24, 2.45) is 11.3 Å². The summed E-state index contributed by atoms with van der Waals surface area (Å²) in [4.78, 5) is 39.4. The van der Waals surface area contributed by atoms with Crippen molar-refractivity contribution in [3.05, 3.63) is 35.9 Å². The van der Waals surface area contributed by atoms with Crippen LogP contribution >= 0.6 is 0 Å². The van der Waals surface area contributed by atoms with Crippen LogP contribution in [0.5, 0.6) is 0 Å². The lowest BCUT2D eigenvalue weighted by molar-refractivity contribution is -0.147. The number of amides is 2. The quantitative estimate of drug-likeness (QED) is 0.842. The fourth-order valence-corrected chi connectivity index (χ4v) is 3.45. The van der Waals surface area contributed by atoms with Gasteiger partial charge in [0, 0.05) is 25.6 Å². The van der Waals surface area contributed by atoms with Gasteiger partial charge in [0.25, 0.3) is 0 Å². The molecule has 2 rings (SSSR count). The lowest BCUT2D eigenvalue weighted by Gasteiger charge is -2.33. The van der Waals surface area contributed by atoms with E-state index in [2.05, 4.69) is 0 Å². The van der Waals surface area contributed by atoms with E-state index in [1.807, 2.05) is 44.2 Å². The normalized spacial score (nSPS) is 15.6. The summed E-state index contributed by atoms with van der Waals surface area (Å²) in [6, 6.07) is 9.82. The number of piperidine rings is 1. The summed E-state index contributed by atoms with van der Waals surface area (Å²) in [5.41, 5.74) is 0.480. The highest BCUT2D eigenvalue weighted by molar-refractivity contribution is 5.87. The summed E-state index contributed by atoms with van der Waals surface area (Å²) in [6.07, 6.45) is 1.55. The monoisotopic (exact) mass is 360 g/mol. The number of benzene rings is 1. The highest BCUT2D eigenvalue weighted by atomic mass is 16.4. The summed E-state index contributed by atoms with van der Waals surface area (Å²) in [5, 5.41) is 9.04. The Morgan fingerprint density at radius 3 is 2.27 bits per heavy atom. The Labute approximate surface area is 154 Å². The standard InChI is InChI=1S/C20H28N2O4/c1-20(2,13-15-7-5-4-6-8-15)19(26)21(3)14-17(23)22-11-9-16(10-12-22)18(24)25/h4-8,16H,9-14H2,1-3H3,(H,24,25). The fraction of sp³-hybridized carbons (Fsp3) is 0.550. The Balaban J connectivity index is 1.89. The second kappa shape index (κ2) is 8.34. The molecule has 0 spiro atoms. The predicted octanol–water partition coefficient (Wildman–Crippen LogP) is 2.04. The minimum atomic E-state index is -0.799. The molecule has 2 amide bonds. The van der Waals surface area contributed by atoms with Crippen molar-refractivity contribution in [3.63, 3.8) is 0 Å². The molecule has 0 atom stereocenters. The van der Waals surface area contributed by atoms with E-state index in [4.69, 9.17) is 5.11 Å². The van der Waals surface area contributed by atoms with Crippen molar-refractivity contribution < 1.29 is 19.5 Å². The van der Waals surface area contributed by atoms with Gasteiger partial charge in [0.05, 0.1) is 12.5 Å². The molecule has 6 nitrogen and oxygen atoms in total. The van der Waals surface area contributed by atoms with Gasteiger partial charge >= 0.3 is 5.97 Å². The molecule has 1 saturated heterocycles. The van der Waals surface area contributed by atoms with E-state index in [0.717, 1.165) is 5.56 Å². The van der Waals surface area contributed by atoms with E-state index in [-0.39, 0.29) is 24.3 Å². The summed E-state index contributed by atoms with van der Waals surface area (Å²) >= 11 is 0. The Morgan fingerprint density at radius 2 is 1.73 bits per heavy atom. The third-order valence-corrected chi connectivity index (χ3v) is 4.98. The molecule has 1 aliphatic heterocycles. The molecule has 6 heteroatoms. The van der Waals surface area contributed by atoms with Crippen LogP contribution in [0.1, 0.15) is 32.3 Å². The SMILES string of the molecule is CN(CC(=O)N1CCC(C(=O)O)CC1)C(=O)C(C)(C)Cc1ccccc1. The number of rotatable bonds is 6. The molecule has 0 saturated carbocycles. The fourth-order valence-electron chi connectivity index (χ4n) is 3.45. The van der Waals surface area contributed by atoms with Crippen molar-refractivity contribution in [3.8, 4) is 0 Å². The molecule has 0 aromatic heterocycles. The zero-order valence-corrected chi connectivity index (χ0v) is 15.8. The van der Waals surface area contributed by atoms with Gasteiger partial charge in [-0.05, 0) is 24.8 Å². The molecule has 1 aromatic rings. The first kappa shape index (κ1) is 19.9. The number of carbonyl (C=O) groups is 3. The maximum absolute atomic E-state index is 12.8. The van der Waals surface area contributed by atoms with Gasteiger partial charge < -0.3 is 14.9 Å². The van der Waals surface area contributed by atoms with Crippen molar-refractivity contribution in [2.75, 3.05) is 26.7 Å². The second-order valence-corrected chi connectivity index (χ2v) is 7.70. The summed E-state index contributed by atoms with van der Waals surface area (Å²) in [5.74, 6) is -1.37. The molecule has 1 aromatic carbocycles. The lowest BCUT2D eigenvalue weighted by Crippen LogP contribution is -2.48. The Bertz CT molecular complexity index is 649. The van der Waals surface area contributed by atoms with E-state index < -0.39 is 11.4 Å². The second-order valence-electron chi connectivity index (χ2n) is 7.70. The number of nitrogens with zero attached hydrogens (tertiary/aromatic N) is 2. The number of likely N-dealkylation sites (N-methyl/N-ethyl adjacent to an activating group) is 1. The first-order valence-electron chi connectivity index (χ1n) is 9.01. The average molecular weight is 360 g/mol. The molecule has 0 bridgehead atoms. The molecule has 1 heterocycles. The summed E-state index contributed by atoms with van der Waals surface area (Å²) in [6.45, 7) is 4.68. The highest BCUT2D eigenvalue weighted by Gasteiger charge is 2.33. The molecule has 142 valence electrons. The van der Waals surface area contributed by atoms with Gasteiger partial charge in [-0.3, -0.25) is 14.4 Å². The molecular formula is C20H28N2O4.